The van der Waals surface area contributed by atoms with Crippen molar-refractivity contribution in [3.63, 3.8) is 0 Å². The van der Waals surface area contributed by atoms with Crippen molar-refractivity contribution in [2.75, 3.05) is 0 Å². The van der Waals surface area contributed by atoms with E-state index in [1.165, 1.54) is 36.6 Å². The normalized spacial score (nSPS) is 20.6. The molecule has 2 aliphatic carbocycles. The van der Waals surface area contributed by atoms with Gasteiger partial charge in [0.1, 0.15) is 0 Å². The van der Waals surface area contributed by atoms with Gasteiger partial charge in [0.2, 0.25) is 0 Å². The molecule has 3 rings (SSSR count). The summed E-state index contributed by atoms with van der Waals surface area (Å²) in [5.74, 6) is 0. The summed E-state index contributed by atoms with van der Waals surface area (Å²) in [4.78, 5) is 0. The zero-order valence-corrected chi connectivity index (χ0v) is 14.9. The van der Waals surface area contributed by atoms with Gasteiger partial charge in [-0.25, -0.2) is 4.21 Å². The predicted molar refractivity (Wildman–Crippen MR) is 89.9 cm³/mol. The zero-order valence-electron chi connectivity index (χ0n) is 12.5. The van der Waals surface area contributed by atoms with Crippen molar-refractivity contribution < 1.29 is 4.21 Å². The number of fused-ring (bicyclic) bond motifs is 1. The Labute approximate surface area is 133 Å². The molecule has 4 heteroatoms. The second-order valence-electron chi connectivity index (χ2n) is 7.00. The molecule has 2 nitrogen and oxygen atoms in total. The van der Waals surface area contributed by atoms with E-state index < -0.39 is 11.0 Å². The molecule has 0 amide bonds. The van der Waals surface area contributed by atoms with Crippen LogP contribution < -0.4 is 5.14 Å². The van der Waals surface area contributed by atoms with E-state index in [4.69, 9.17) is 5.14 Å². The van der Waals surface area contributed by atoms with Crippen LogP contribution in [0.3, 0.4) is 0 Å². The van der Waals surface area contributed by atoms with Crippen LogP contribution in [0, 0.1) is 5.41 Å². The van der Waals surface area contributed by atoms with Crippen molar-refractivity contribution in [2.24, 2.45) is 10.6 Å². The molecular formula is C16H24BrNOS. The van der Waals surface area contributed by atoms with Crippen molar-refractivity contribution in [1.82, 2.24) is 0 Å². The van der Waals surface area contributed by atoms with E-state index in [1.54, 1.807) is 11.1 Å². The number of halogens is 1. The summed E-state index contributed by atoms with van der Waals surface area (Å²) in [5.41, 5.74) is 3.92. The van der Waals surface area contributed by atoms with Crippen LogP contribution >= 0.6 is 15.9 Å². The second-order valence-corrected chi connectivity index (χ2v) is 9.73. The second kappa shape index (κ2) is 5.90. The van der Waals surface area contributed by atoms with Crippen LogP contribution in [0.2, 0.25) is 0 Å². The highest BCUT2D eigenvalue weighted by Crippen LogP contribution is 2.54. The summed E-state index contributed by atoms with van der Waals surface area (Å²) in [5, 5.41) is 5.04. The molecule has 2 N–H and O–H groups in total. The summed E-state index contributed by atoms with van der Waals surface area (Å²) < 4.78 is 11.3. The highest BCUT2D eigenvalue weighted by Gasteiger charge is 2.44. The van der Waals surface area contributed by atoms with E-state index in [9.17, 15) is 4.21 Å². The van der Waals surface area contributed by atoms with Crippen LogP contribution in [-0.4, -0.2) is 8.96 Å². The van der Waals surface area contributed by atoms with E-state index >= 15 is 0 Å². The molecule has 0 aliphatic heterocycles. The predicted octanol–water partition coefficient (Wildman–Crippen LogP) is 4.13. The number of nitrogens with two attached hydrogens (primary N) is 1. The average Bonchev–Trinajstić information content (AvgIpc) is 3.07. The fraction of sp³-hybridized carbons (Fsp3) is 0.625. The topological polar surface area (TPSA) is 43.1 Å². The third kappa shape index (κ3) is 4.15. The Kier molecular flexibility index (Phi) is 4.77. The molecule has 1 aromatic carbocycles. The third-order valence-corrected chi connectivity index (χ3v) is 5.92. The third-order valence-electron chi connectivity index (χ3n) is 4.22. The molecule has 112 valence electrons. The molecule has 1 fully saturated rings. The van der Waals surface area contributed by atoms with E-state index in [0.717, 1.165) is 5.41 Å². The van der Waals surface area contributed by atoms with E-state index in [2.05, 4.69) is 34.1 Å². The molecule has 1 aromatic rings. The Morgan fingerprint density at radius 3 is 2.30 bits per heavy atom. The first-order chi connectivity index (χ1) is 9.22. The van der Waals surface area contributed by atoms with Gasteiger partial charge in [-0.15, -0.1) is 0 Å². The van der Waals surface area contributed by atoms with Gasteiger partial charge in [-0.2, -0.15) is 0 Å². The Morgan fingerprint density at radius 2 is 1.80 bits per heavy atom. The molecule has 0 radical (unpaired) electrons. The minimum atomic E-state index is -1.18. The summed E-state index contributed by atoms with van der Waals surface area (Å²) in [6.07, 6.45) is 7.02. The first kappa shape index (κ1) is 16.2. The van der Waals surface area contributed by atoms with E-state index in [1.807, 2.05) is 20.8 Å². The van der Waals surface area contributed by atoms with Gasteiger partial charge in [0.25, 0.3) is 0 Å². The summed E-state index contributed by atoms with van der Waals surface area (Å²) in [6.45, 7) is 5.51. The summed E-state index contributed by atoms with van der Waals surface area (Å²) >= 11 is 3.55. The quantitative estimate of drug-likeness (QED) is 0.745. The van der Waals surface area contributed by atoms with Gasteiger partial charge in [-0.3, -0.25) is 5.14 Å². The van der Waals surface area contributed by atoms with Crippen molar-refractivity contribution in [2.45, 2.75) is 57.6 Å². The average molecular weight is 358 g/mol. The number of rotatable bonds is 0. The number of aryl methyl sites for hydroxylation is 1. The van der Waals surface area contributed by atoms with Crippen LogP contribution in [0.4, 0.5) is 0 Å². The van der Waals surface area contributed by atoms with Crippen molar-refractivity contribution in [3.05, 3.63) is 33.8 Å². The van der Waals surface area contributed by atoms with Gasteiger partial charge in [-0.1, -0.05) is 22.0 Å². The highest BCUT2D eigenvalue weighted by atomic mass is 79.9. The number of hydrogen-bond acceptors (Lipinski definition) is 1. The Morgan fingerprint density at radius 1 is 1.20 bits per heavy atom. The highest BCUT2D eigenvalue weighted by molar-refractivity contribution is 9.10. The van der Waals surface area contributed by atoms with Gasteiger partial charge in [0, 0.05) is 4.47 Å². The van der Waals surface area contributed by atoms with Gasteiger partial charge in [-0.05, 0) is 81.5 Å². The first-order valence-corrected chi connectivity index (χ1v) is 9.16. The zero-order chi connectivity index (χ0) is 15.0. The molecule has 20 heavy (non-hydrogen) atoms. The Bertz CT molecular complexity index is 518. The Hall–Kier alpha value is -0.190. The fourth-order valence-electron chi connectivity index (χ4n) is 2.50. The molecule has 1 unspecified atom stereocenters. The molecule has 0 aromatic heterocycles. The van der Waals surface area contributed by atoms with Crippen molar-refractivity contribution >= 4 is 26.9 Å². The summed E-state index contributed by atoms with van der Waals surface area (Å²) in [7, 11) is -1.18. The lowest BCUT2D eigenvalue weighted by Crippen LogP contribution is -2.27. The lowest BCUT2D eigenvalue weighted by atomic mass is 9.82. The van der Waals surface area contributed by atoms with Crippen LogP contribution in [0.15, 0.2) is 22.7 Å². The number of hydrogen-bond donors (Lipinski definition) is 1. The number of benzene rings is 1. The standard InChI is InChI=1S/C12H13Br.C4H11NOS/c13-11-2-1-9-3-4-12(5-6-12)8-10(9)7-11;1-4(2,3)7(5)6/h1-2,7H,3-6,8H2;5H2,1-3H3. The molecular weight excluding hydrogens is 334 g/mol. The van der Waals surface area contributed by atoms with Gasteiger partial charge in [0.15, 0.2) is 0 Å². The van der Waals surface area contributed by atoms with Crippen LogP contribution in [0.1, 0.15) is 51.2 Å². The monoisotopic (exact) mass is 357 g/mol. The lowest BCUT2D eigenvalue weighted by molar-refractivity contribution is 0.438. The van der Waals surface area contributed by atoms with Crippen molar-refractivity contribution in [1.29, 1.82) is 0 Å². The molecule has 0 saturated heterocycles. The maximum Gasteiger partial charge on any atom is 0.0942 e. The molecule has 0 bridgehead atoms. The van der Waals surface area contributed by atoms with Crippen LogP contribution in [0.25, 0.3) is 0 Å². The van der Waals surface area contributed by atoms with E-state index in [-0.39, 0.29) is 4.75 Å². The van der Waals surface area contributed by atoms with Crippen molar-refractivity contribution in [3.8, 4) is 0 Å². The molecule has 1 spiro atoms. The molecule has 2 aliphatic rings. The smallest absolute Gasteiger partial charge is 0.0942 e. The molecule has 1 atom stereocenters. The largest absolute Gasteiger partial charge is 0.251 e. The van der Waals surface area contributed by atoms with E-state index in [0.29, 0.717) is 0 Å². The molecule has 1 saturated carbocycles. The SMILES string of the molecule is Brc1ccc2c(c1)CC1(CC2)CC1.CC(C)(C)S(N)=O. The Balaban J connectivity index is 0.000000182. The van der Waals surface area contributed by atoms with Crippen LogP contribution in [-0.2, 0) is 23.8 Å². The van der Waals surface area contributed by atoms with Gasteiger partial charge >= 0.3 is 0 Å². The van der Waals surface area contributed by atoms with Gasteiger partial charge < -0.3 is 0 Å². The van der Waals surface area contributed by atoms with Gasteiger partial charge in [0.05, 0.1) is 15.7 Å². The minimum absolute atomic E-state index is 0.250. The van der Waals surface area contributed by atoms with Crippen LogP contribution in [0.5, 0.6) is 0 Å². The fourth-order valence-corrected chi connectivity index (χ4v) is 2.91. The maximum atomic E-state index is 10.4. The minimum Gasteiger partial charge on any atom is -0.251 e. The molecule has 0 heterocycles. The maximum absolute atomic E-state index is 10.4. The lowest BCUT2D eigenvalue weighted by Gasteiger charge is -2.24. The summed E-state index contributed by atoms with van der Waals surface area (Å²) in [6, 6.07) is 6.77. The first-order valence-electron chi connectivity index (χ1n) is 7.15.